The van der Waals surface area contributed by atoms with Gasteiger partial charge in [-0.15, -0.1) is 0 Å². The van der Waals surface area contributed by atoms with Gasteiger partial charge in [0.1, 0.15) is 10.3 Å². The minimum atomic E-state index is -0.540. The van der Waals surface area contributed by atoms with Crippen molar-refractivity contribution in [2.24, 2.45) is 0 Å². The highest BCUT2D eigenvalue weighted by Gasteiger charge is 2.09. The summed E-state index contributed by atoms with van der Waals surface area (Å²) in [6, 6.07) is 4.85. The van der Waals surface area contributed by atoms with Crippen LogP contribution in [-0.2, 0) is 0 Å². The van der Waals surface area contributed by atoms with E-state index in [0.717, 1.165) is 0 Å². The lowest BCUT2D eigenvalue weighted by Crippen LogP contribution is -2.13. The molecule has 1 aromatic carbocycles. The largest absolute Gasteiger partial charge is 0.417 e. The lowest BCUT2D eigenvalue weighted by Gasteiger charge is -2.03. The number of amides is 1. The first kappa shape index (κ1) is 12.5. The number of aromatic amines is 1. The number of hydrogen-bond acceptors (Lipinski definition) is 5. The molecule has 0 aliphatic carbocycles. The summed E-state index contributed by atoms with van der Waals surface area (Å²) in [6.07, 6.45) is 2.79. The number of carbonyl (C=O) groups is 1. The lowest BCUT2D eigenvalue weighted by molar-refractivity contribution is 0.102. The van der Waals surface area contributed by atoms with Crippen molar-refractivity contribution in [2.45, 2.75) is 0 Å². The quantitative estimate of drug-likeness (QED) is 0.745. The van der Waals surface area contributed by atoms with Crippen LogP contribution in [-0.4, -0.2) is 20.9 Å². The SMILES string of the molecule is O=C(Nc1ccc2[nH]c(=O)oc2c1)c1cnc(Br)cn1. The fourth-order valence-electron chi connectivity index (χ4n) is 1.65. The van der Waals surface area contributed by atoms with Gasteiger partial charge in [-0.2, -0.15) is 0 Å². The molecule has 20 heavy (non-hydrogen) atoms. The highest BCUT2D eigenvalue weighted by molar-refractivity contribution is 9.10. The fourth-order valence-corrected chi connectivity index (χ4v) is 1.85. The third-order valence-electron chi connectivity index (χ3n) is 2.53. The van der Waals surface area contributed by atoms with Crippen LogP contribution in [0.1, 0.15) is 10.5 Å². The molecule has 0 spiro atoms. The third-order valence-corrected chi connectivity index (χ3v) is 2.94. The van der Waals surface area contributed by atoms with Gasteiger partial charge >= 0.3 is 5.76 Å². The predicted molar refractivity (Wildman–Crippen MR) is 74.5 cm³/mol. The molecule has 3 aromatic rings. The number of nitrogens with one attached hydrogen (secondary N) is 2. The summed E-state index contributed by atoms with van der Waals surface area (Å²) in [7, 11) is 0. The normalized spacial score (nSPS) is 10.7. The van der Waals surface area contributed by atoms with Gasteiger partial charge in [-0.1, -0.05) is 0 Å². The van der Waals surface area contributed by atoms with Crippen LogP contribution in [0.3, 0.4) is 0 Å². The summed E-state index contributed by atoms with van der Waals surface area (Å²) in [5.74, 6) is -0.940. The summed E-state index contributed by atoms with van der Waals surface area (Å²) >= 11 is 3.14. The van der Waals surface area contributed by atoms with Crippen molar-refractivity contribution in [1.82, 2.24) is 15.0 Å². The number of hydrogen-bond donors (Lipinski definition) is 2. The first-order valence-corrected chi connectivity index (χ1v) is 6.33. The molecule has 0 fully saturated rings. The Hall–Kier alpha value is -2.48. The summed E-state index contributed by atoms with van der Waals surface area (Å²) < 4.78 is 5.46. The van der Waals surface area contributed by atoms with Gasteiger partial charge in [0.25, 0.3) is 5.91 Å². The van der Waals surface area contributed by atoms with Crippen LogP contribution in [0.25, 0.3) is 11.1 Å². The average molecular weight is 335 g/mol. The van der Waals surface area contributed by atoms with Gasteiger partial charge < -0.3 is 9.73 Å². The molecule has 1 amide bonds. The van der Waals surface area contributed by atoms with Gasteiger partial charge in [-0.3, -0.25) is 9.78 Å². The first-order chi connectivity index (χ1) is 9.61. The van der Waals surface area contributed by atoms with Crippen LogP contribution in [0.2, 0.25) is 0 Å². The fraction of sp³-hybridized carbons (Fsp3) is 0. The van der Waals surface area contributed by atoms with Gasteiger partial charge in [0, 0.05) is 11.8 Å². The van der Waals surface area contributed by atoms with Crippen LogP contribution in [0.4, 0.5) is 5.69 Å². The van der Waals surface area contributed by atoms with E-state index < -0.39 is 11.7 Å². The monoisotopic (exact) mass is 334 g/mol. The van der Waals surface area contributed by atoms with Gasteiger partial charge in [0.15, 0.2) is 5.58 Å². The van der Waals surface area contributed by atoms with E-state index in [2.05, 4.69) is 36.2 Å². The standard InChI is InChI=1S/C12H7BrN4O3/c13-10-5-14-8(4-15-10)11(18)16-6-1-2-7-9(3-6)20-12(19)17-7/h1-5H,(H,16,18)(H,17,19). The van der Waals surface area contributed by atoms with Crippen molar-refractivity contribution in [3.8, 4) is 0 Å². The van der Waals surface area contributed by atoms with Crippen molar-refractivity contribution >= 4 is 38.6 Å². The van der Waals surface area contributed by atoms with E-state index in [4.69, 9.17) is 4.42 Å². The number of benzene rings is 1. The molecule has 0 aliphatic heterocycles. The molecule has 0 saturated carbocycles. The van der Waals surface area contributed by atoms with E-state index in [1.54, 1.807) is 18.2 Å². The second-order valence-electron chi connectivity index (χ2n) is 3.90. The Bertz CT molecular complexity index is 838. The highest BCUT2D eigenvalue weighted by Crippen LogP contribution is 2.16. The Morgan fingerprint density at radius 3 is 2.90 bits per heavy atom. The van der Waals surface area contributed by atoms with Crippen LogP contribution in [0.15, 0.2) is 44.4 Å². The Morgan fingerprint density at radius 2 is 2.15 bits per heavy atom. The van der Waals surface area contributed by atoms with Crippen molar-refractivity contribution < 1.29 is 9.21 Å². The number of anilines is 1. The Balaban J connectivity index is 1.86. The molecule has 0 atom stereocenters. The molecule has 0 bridgehead atoms. The van der Waals surface area contributed by atoms with Crippen LogP contribution in [0, 0.1) is 0 Å². The van der Waals surface area contributed by atoms with E-state index in [1.165, 1.54) is 12.4 Å². The summed E-state index contributed by atoms with van der Waals surface area (Å²) in [5.41, 5.74) is 1.62. The second-order valence-corrected chi connectivity index (χ2v) is 4.72. The Labute approximate surface area is 120 Å². The smallest absolute Gasteiger partial charge is 0.408 e. The molecule has 8 heteroatoms. The van der Waals surface area contributed by atoms with Gasteiger partial charge in [0.05, 0.1) is 17.9 Å². The van der Waals surface area contributed by atoms with E-state index in [1.807, 2.05) is 0 Å². The van der Waals surface area contributed by atoms with Crippen LogP contribution < -0.4 is 11.1 Å². The summed E-state index contributed by atoms with van der Waals surface area (Å²) in [6.45, 7) is 0. The number of nitrogens with zero attached hydrogens (tertiary/aromatic N) is 2. The Morgan fingerprint density at radius 1 is 1.30 bits per heavy atom. The molecule has 3 rings (SSSR count). The minimum absolute atomic E-state index is 0.184. The number of carbonyl (C=O) groups excluding carboxylic acids is 1. The van der Waals surface area contributed by atoms with Gasteiger partial charge in [0.2, 0.25) is 0 Å². The second kappa shape index (κ2) is 4.89. The topological polar surface area (TPSA) is 101 Å². The maximum atomic E-state index is 11.9. The third kappa shape index (κ3) is 2.45. The van der Waals surface area contributed by atoms with Gasteiger partial charge in [-0.25, -0.2) is 14.8 Å². The molecule has 7 nitrogen and oxygen atoms in total. The van der Waals surface area contributed by atoms with Crippen molar-refractivity contribution in [3.05, 3.63) is 51.4 Å². The molecule has 0 unspecified atom stereocenters. The zero-order chi connectivity index (χ0) is 14.1. The molecule has 0 radical (unpaired) electrons. The number of fused-ring (bicyclic) bond motifs is 1. The van der Waals surface area contributed by atoms with E-state index in [0.29, 0.717) is 21.4 Å². The molecule has 2 aromatic heterocycles. The minimum Gasteiger partial charge on any atom is -0.408 e. The van der Waals surface area contributed by atoms with E-state index in [-0.39, 0.29) is 5.69 Å². The number of rotatable bonds is 2. The van der Waals surface area contributed by atoms with Gasteiger partial charge in [-0.05, 0) is 28.1 Å². The maximum absolute atomic E-state index is 11.9. The molecule has 0 saturated heterocycles. The van der Waals surface area contributed by atoms with E-state index in [9.17, 15) is 9.59 Å². The maximum Gasteiger partial charge on any atom is 0.417 e. The predicted octanol–water partition coefficient (Wildman–Crippen LogP) is 1.93. The molecular weight excluding hydrogens is 328 g/mol. The summed E-state index contributed by atoms with van der Waals surface area (Å²) in [5, 5.41) is 2.65. The van der Waals surface area contributed by atoms with Crippen molar-refractivity contribution in [2.75, 3.05) is 5.32 Å². The molecule has 100 valence electrons. The molecule has 2 heterocycles. The summed E-state index contributed by atoms with van der Waals surface area (Å²) in [4.78, 5) is 33.4. The Kier molecular flexibility index (Phi) is 3.07. The number of aromatic nitrogens is 3. The molecular formula is C12H7BrN4O3. The zero-order valence-electron chi connectivity index (χ0n) is 9.88. The molecule has 0 aliphatic rings. The first-order valence-electron chi connectivity index (χ1n) is 5.53. The van der Waals surface area contributed by atoms with Crippen LogP contribution in [0.5, 0.6) is 0 Å². The zero-order valence-corrected chi connectivity index (χ0v) is 11.5. The average Bonchev–Trinajstić information content (AvgIpc) is 2.78. The van der Waals surface area contributed by atoms with E-state index >= 15 is 0 Å². The lowest BCUT2D eigenvalue weighted by atomic mass is 10.3. The number of halogens is 1. The number of H-pyrrole nitrogens is 1. The number of oxazole rings is 1. The van der Waals surface area contributed by atoms with Crippen molar-refractivity contribution in [3.63, 3.8) is 0 Å². The van der Waals surface area contributed by atoms with Crippen molar-refractivity contribution in [1.29, 1.82) is 0 Å². The highest BCUT2D eigenvalue weighted by atomic mass is 79.9. The molecule has 2 N–H and O–H groups in total. The van der Waals surface area contributed by atoms with Crippen LogP contribution >= 0.6 is 15.9 Å².